The molecule has 0 radical (unpaired) electrons. The summed E-state index contributed by atoms with van der Waals surface area (Å²) in [5, 5.41) is 9.33. The fraction of sp³-hybridized carbons (Fsp3) is 0.400. The third-order valence-corrected chi connectivity index (χ3v) is 7.92. The van der Waals surface area contributed by atoms with E-state index in [0.29, 0.717) is 15.6 Å². The van der Waals surface area contributed by atoms with Crippen molar-refractivity contribution in [3.8, 4) is 0 Å². The molecule has 0 bridgehead atoms. The summed E-state index contributed by atoms with van der Waals surface area (Å²) in [5.41, 5.74) is 1.67. The van der Waals surface area contributed by atoms with Gasteiger partial charge in [-0.3, -0.25) is 9.59 Å². The predicted octanol–water partition coefficient (Wildman–Crippen LogP) is 4.83. The molecule has 2 aliphatic rings. The summed E-state index contributed by atoms with van der Waals surface area (Å²) in [4.78, 5) is 34.3. The summed E-state index contributed by atoms with van der Waals surface area (Å²) in [5.74, 6) is -0.259. The average Bonchev–Trinajstić information content (AvgIpc) is 3.23. The number of halogens is 2. The van der Waals surface area contributed by atoms with E-state index in [9.17, 15) is 9.59 Å². The van der Waals surface area contributed by atoms with Crippen molar-refractivity contribution in [2.24, 2.45) is 0 Å². The van der Waals surface area contributed by atoms with E-state index >= 15 is 0 Å². The number of amides is 2. The lowest BCUT2D eigenvalue weighted by Crippen LogP contribution is -2.53. The molecule has 1 aromatic heterocycles. The topological polar surface area (TPSA) is 74.3 Å². The van der Waals surface area contributed by atoms with Crippen LogP contribution in [0.3, 0.4) is 0 Å². The molecule has 2 amide bonds. The minimum atomic E-state index is -0.136. The number of fused-ring (bicyclic) bond motifs is 2. The molecule has 2 aromatic carbocycles. The number of hydrogen-bond acceptors (Lipinski definition) is 5. The third kappa shape index (κ3) is 5.23. The summed E-state index contributed by atoms with van der Waals surface area (Å²) in [6.07, 6.45) is 4.62. The van der Waals surface area contributed by atoms with Gasteiger partial charge in [0.2, 0.25) is 0 Å². The molecule has 0 saturated heterocycles. The van der Waals surface area contributed by atoms with E-state index in [1.165, 1.54) is 16.2 Å². The molecule has 34 heavy (non-hydrogen) atoms. The first kappa shape index (κ1) is 24.9. The molecule has 3 aromatic rings. The van der Waals surface area contributed by atoms with Crippen molar-refractivity contribution in [3.05, 3.63) is 62.6 Å². The largest absolute Gasteiger partial charge is 0.347 e. The van der Waals surface area contributed by atoms with Crippen LogP contribution in [0.1, 0.15) is 56.4 Å². The molecule has 2 atom stereocenters. The van der Waals surface area contributed by atoms with Crippen molar-refractivity contribution >= 4 is 57.9 Å². The summed E-state index contributed by atoms with van der Waals surface area (Å²) in [6.45, 7) is 1.81. The number of likely N-dealkylation sites (N-methyl/N-ethyl adjacent to an activating group) is 1. The lowest BCUT2D eigenvalue weighted by Gasteiger charge is -2.32. The zero-order chi connectivity index (χ0) is 22.9. The molecule has 5 rings (SSSR count). The molecule has 2 heterocycles. The fourth-order valence-electron chi connectivity index (χ4n) is 4.83. The maximum Gasteiger partial charge on any atom is 0.280 e. The highest BCUT2D eigenvalue weighted by Crippen LogP contribution is 2.26. The predicted molar refractivity (Wildman–Crippen MR) is 139 cm³/mol. The number of thiazole rings is 1. The Labute approximate surface area is 214 Å². The van der Waals surface area contributed by atoms with Gasteiger partial charge in [-0.25, -0.2) is 4.98 Å². The number of aromatic nitrogens is 1. The highest BCUT2D eigenvalue weighted by atomic mass is 35.5. The quantitative estimate of drug-likeness (QED) is 0.518. The van der Waals surface area contributed by atoms with Crippen molar-refractivity contribution in [3.63, 3.8) is 0 Å². The van der Waals surface area contributed by atoms with E-state index in [1.807, 2.05) is 30.3 Å². The molecule has 1 saturated carbocycles. The Bertz CT molecular complexity index is 1210. The van der Waals surface area contributed by atoms with Gasteiger partial charge in [0.15, 0.2) is 5.01 Å². The molecule has 6 nitrogen and oxygen atoms in total. The van der Waals surface area contributed by atoms with E-state index in [-0.39, 0.29) is 36.3 Å². The summed E-state index contributed by atoms with van der Waals surface area (Å²) in [6, 6.07) is 11.0. The second-order valence-corrected chi connectivity index (χ2v) is 10.5. The van der Waals surface area contributed by atoms with Crippen molar-refractivity contribution in [1.29, 1.82) is 0 Å². The number of rotatable bonds is 4. The Balaban J connectivity index is 0.00000274. The second kappa shape index (κ2) is 10.6. The average molecular weight is 519 g/mol. The molecule has 0 unspecified atom stereocenters. The van der Waals surface area contributed by atoms with Crippen molar-refractivity contribution in [1.82, 2.24) is 20.5 Å². The highest BCUT2D eigenvalue weighted by Gasteiger charge is 2.30. The summed E-state index contributed by atoms with van der Waals surface area (Å²) < 4.78 is 0. The van der Waals surface area contributed by atoms with Crippen LogP contribution in [0.15, 0.2) is 36.4 Å². The molecule has 1 fully saturated rings. The number of carbonyl (C=O) groups is 2. The Hall–Kier alpha value is -2.19. The monoisotopic (exact) mass is 518 g/mol. The maximum atomic E-state index is 13.2. The molecular formula is C25H28Cl2N4O2S. The van der Waals surface area contributed by atoms with Crippen LogP contribution in [0, 0.1) is 0 Å². The van der Waals surface area contributed by atoms with E-state index in [2.05, 4.69) is 27.6 Å². The van der Waals surface area contributed by atoms with Gasteiger partial charge in [0, 0.05) is 47.1 Å². The molecule has 1 aliphatic carbocycles. The molecule has 9 heteroatoms. The maximum absolute atomic E-state index is 13.2. The number of nitrogens with zero attached hydrogens (tertiary/aromatic N) is 2. The first-order valence-electron chi connectivity index (χ1n) is 11.4. The Morgan fingerprint density at radius 2 is 1.82 bits per heavy atom. The number of hydrogen-bond donors (Lipinski definition) is 2. The van der Waals surface area contributed by atoms with Gasteiger partial charge in [0.25, 0.3) is 11.8 Å². The van der Waals surface area contributed by atoms with Crippen molar-refractivity contribution in [2.75, 3.05) is 13.6 Å². The minimum Gasteiger partial charge on any atom is -0.347 e. The van der Waals surface area contributed by atoms with Crippen LogP contribution in [0.25, 0.3) is 10.8 Å². The van der Waals surface area contributed by atoms with Crippen LogP contribution >= 0.6 is 35.3 Å². The molecule has 180 valence electrons. The van der Waals surface area contributed by atoms with Crippen molar-refractivity contribution in [2.45, 2.75) is 50.7 Å². The van der Waals surface area contributed by atoms with Crippen LogP contribution in [0.2, 0.25) is 5.02 Å². The number of benzene rings is 2. The van der Waals surface area contributed by atoms with Gasteiger partial charge < -0.3 is 15.5 Å². The van der Waals surface area contributed by atoms with Gasteiger partial charge in [-0.15, -0.1) is 23.7 Å². The Morgan fingerprint density at radius 1 is 1.09 bits per heavy atom. The van der Waals surface area contributed by atoms with Gasteiger partial charge in [0.1, 0.15) is 0 Å². The second-order valence-electron chi connectivity index (χ2n) is 8.99. The Morgan fingerprint density at radius 3 is 2.59 bits per heavy atom. The molecule has 2 N–H and O–H groups in total. The van der Waals surface area contributed by atoms with E-state index in [0.717, 1.165) is 61.7 Å². The van der Waals surface area contributed by atoms with Crippen molar-refractivity contribution < 1.29 is 9.59 Å². The van der Waals surface area contributed by atoms with Crippen LogP contribution in [0.5, 0.6) is 0 Å². The molecular weight excluding hydrogens is 491 g/mol. The van der Waals surface area contributed by atoms with Crippen LogP contribution in [-0.4, -0.2) is 47.4 Å². The zero-order valence-electron chi connectivity index (χ0n) is 19.0. The van der Waals surface area contributed by atoms with Crippen LogP contribution < -0.4 is 10.6 Å². The van der Waals surface area contributed by atoms with Gasteiger partial charge in [-0.2, -0.15) is 0 Å². The lowest BCUT2D eigenvalue weighted by atomic mass is 9.89. The molecule has 1 aliphatic heterocycles. The SMILES string of the molecule is CN1CCc2nc(C(=O)N[C@@H]3CCCC[C@@H]3NC(=O)c3cccc4cc(Cl)ccc34)sc2C1.Cl. The lowest BCUT2D eigenvalue weighted by molar-refractivity contribution is 0.0863. The Kier molecular flexibility index (Phi) is 7.77. The third-order valence-electron chi connectivity index (χ3n) is 6.60. The highest BCUT2D eigenvalue weighted by molar-refractivity contribution is 7.13. The fourth-order valence-corrected chi connectivity index (χ4v) is 6.10. The zero-order valence-corrected chi connectivity index (χ0v) is 21.4. The van der Waals surface area contributed by atoms with Gasteiger partial charge >= 0.3 is 0 Å². The van der Waals surface area contributed by atoms with E-state index < -0.39 is 0 Å². The van der Waals surface area contributed by atoms with Crippen LogP contribution in [0.4, 0.5) is 0 Å². The normalized spacial score (nSPS) is 20.3. The van der Waals surface area contributed by atoms with Gasteiger partial charge in [0.05, 0.1) is 5.69 Å². The summed E-state index contributed by atoms with van der Waals surface area (Å²) in [7, 11) is 2.09. The smallest absolute Gasteiger partial charge is 0.280 e. The number of nitrogens with one attached hydrogen (secondary N) is 2. The minimum absolute atomic E-state index is 0. The summed E-state index contributed by atoms with van der Waals surface area (Å²) >= 11 is 7.60. The van der Waals surface area contributed by atoms with E-state index in [1.54, 1.807) is 6.07 Å². The van der Waals surface area contributed by atoms with E-state index in [4.69, 9.17) is 11.6 Å². The standard InChI is InChI=1S/C25H27ClN4O2S.ClH/c1-30-12-11-21-22(14-30)33-25(29-21)24(32)28-20-8-3-2-7-19(20)27-23(31)18-6-4-5-15-13-16(26)9-10-17(15)18;/h4-6,9-10,13,19-20H,2-3,7-8,11-12,14H2,1H3,(H,27,31)(H,28,32);1H/t19-,20+;/m0./s1. The van der Waals surface area contributed by atoms with Gasteiger partial charge in [-0.05, 0) is 48.9 Å². The first-order chi connectivity index (χ1) is 16.0. The van der Waals surface area contributed by atoms with Crippen LogP contribution in [-0.2, 0) is 13.0 Å². The number of carbonyl (C=O) groups excluding carboxylic acids is 2. The van der Waals surface area contributed by atoms with Gasteiger partial charge in [-0.1, -0.05) is 42.6 Å². The molecule has 0 spiro atoms. The first-order valence-corrected chi connectivity index (χ1v) is 12.6.